The maximum absolute atomic E-state index is 13.1. The molecule has 7 nitrogen and oxygen atoms in total. The SMILES string of the molecule is C[C@H](NC(=O)c1cc(-c2ccc(F)cc2)c[nH]1)C(=O)N[C@@H]1CCc2nc(N)ccc21. The van der Waals surface area contributed by atoms with Gasteiger partial charge in [0.05, 0.1) is 6.04 Å². The number of halogens is 1. The normalized spacial score (nSPS) is 16.0. The van der Waals surface area contributed by atoms with Gasteiger partial charge < -0.3 is 21.4 Å². The van der Waals surface area contributed by atoms with E-state index in [0.29, 0.717) is 11.5 Å². The Morgan fingerprint density at radius 1 is 1.20 bits per heavy atom. The minimum Gasteiger partial charge on any atom is -0.384 e. The summed E-state index contributed by atoms with van der Waals surface area (Å²) >= 11 is 0. The zero-order valence-corrected chi connectivity index (χ0v) is 16.4. The minimum absolute atomic E-state index is 0.143. The number of nitrogens with one attached hydrogen (secondary N) is 3. The van der Waals surface area contributed by atoms with Gasteiger partial charge in [0, 0.05) is 11.9 Å². The van der Waals surface area contributed by atoms with Crippen molar-refractivity contribution in [2.24, 2.45) is 0 Å². The summed E-state index contributed by atoms with van der Waals surface area (Å²) in [5.74, 6) is -0.529. The molecule has 2 heterocycles. The summed E-state index contributed by atoms with van der Waals surface area (Å²) in [6.07, 6.45) is 3.16. The number of carbonyl (C=O) groups is 2. The van der Waals surface area contributed by atoms with E-state index < -0.39 is 11.9 Å². The molecule has 3 aromatic rings. The lowest BCUT2D eigenvalue weighted by Crippen LogP contribution is -2.45. The van der Waals surface area contributed by atoms with Gasteiger partial charge in [-0.25, -0.2) is 9.37 Å². The van der Waals surface area contributed by atoms with Gasteiger partial charge in [0.15, 0.2) is 0 Å². The summed E-state index contributed by atoms with van der Waals surface area (Å²) in [4.78, 5) is 32.3. The Morgan fingerprint density at radius 3 is 2.73 bits per heavy atom. The number of pyridine rings is 1. The first kappa shape index (κ1) is 19.6. The number of carbonyl (C=O) groups excluding carboxylic acids is 2. The average molecular weight is 407 g/mol. The molecule has 0 spiro atoms. The molecule has 2 amide bonds. The van der Waals surface area contributed by atoms with Gasteiger partial charge in [-0.2, -0.15) is 0 Å². The zero-order chi connectivity index (χ0) is 21.3. The highest BCUT2D eigenvalue weighted by molar-refractivity contribution is 5.97. The Kier molecular flexibility index (Phi) is 5.22. The number of amides is 2. The van der Waals surface area contributed by atoms with E-state index in [-0.39, 0.29) is 17.8 Å². The lowest BCUT2D eigenvalue weighted by atomic mass is 10.1. The van der Waals surface area contributed by atoms with Crippen LogP contribution in [0.1, 0.15) is 41.1 Å². The summed E-state index contributed by atoms with van der Waals surface area (Å²) in [6.45, 7) is 1.63. The van der Waals surface area contributed by atoms with Crippen molar-refractivity contribution in [3.05, 3.63) is 71.4 Å². The van der Waals surface area contributed by atoms with Crippen molar-refractivity contribution >= 4 is 17.6 Å². The number of nitrogens with two attached hydrogens (primary N) is 1. The van der Waals surface area contributed by atoms with Crippen LogP contribution in [-0.4, -0.2) is 27.8 Å². The number of H-pyrrole nitrogens is 1. The van der Waals surface area contributed by atoms with Crippen LogP contribution in [0.5, 0.6) is 0 Å². The maximum Gasteiger partial charge on any atom is 0.268 e. The van der Waals surface area contributed by atoms with Gasteiger partial charge in [-0.3, -0.25) is 9.59 Å². The quantitative estimate of drug-likeness (QED) is 0.521. The number of nitrogens with zero attached hydrogens (tertiary/aromatic N) is 1. The number of aromatic amines is 1. The van der Waals surface area contributed by atoms with E-state index >= 15 is 0 Å². The fourth-order valence-electron chi connectivity index (χ4n) is 3.60. The smallest absolute Gasteiger partial charge is 0.268 e. The van der Waals surface area contributed by atoms with Gasteiger partial charge in [-0.15, -0.1) is 0 Å². The van der Waals surface area contributed by atoms with E-state index in [1.807, 2.05) is 6.07 Å². The van der Waals surface area contributed by atoms with E-state index in [9.17, 15) is 14.0 Å². The highest BCUT2D eigenvalue weighted by Gasteiger charge is 2.27. The third kappa shape index (κ3) is 4.03. The average Bonchev–Trinajstić information content (AvgIpc) is 3.36. The standard InChI is InChI=1S/C22H22FN5O2/c1-12(21(29)28-18-8-7-17-16(18)6-9-20(24)27-17)26-22(30)19-10-14(11-25-19)13-2-4-15(23)5-3-13/h2-6,9-12,18,25H,7-8H2,1H3,(H2,24,27)(H,26,30)(H,28,29)/t12-,18+/m0/s1. The van der Waals surface area contributed by atoms with Crippen molar-refractivity contribution in [2.45, 2.75) is 31.8 Å². The van der Waals surface area contributed by atoms with Gasteiger partial charge in [-0.05, 0) is 60.7 Å². The zero-order valence-electron chi connectivity index (χ0n) is 16.4. The van der Waals surface area contributed by atoms with E-state index in [1.54, 1.807) is 37.4 Å². The van der Waals surface area contributed by atoms with Crippen molar-refractivity contribution in [2.75, 3.05) is 5.73 Å². The molecule has 0 aliphatic heterocycles. The Labute approximate surface area is 172 Å². The van der Waals surface area contributed by atoms with Crippen LogP contribution in [0.25, 0.3) is 11.1 Å². The molecule has 8 heteroatoms. The minimum atomic E-state index is -0.721. The maximum atomic E-state index is 13.1. The predicted molar refractivity (Wildman–Crippen MR) is 111 cm³/mol. The van der Waals surface area contributed by atoms with Gasteiger partial charge in [0.25, 0.3) is 5.91 Å². The van der Waals surface area contributed by atoms with Crippen molar-refractivity contribution in [3.8, 4) is 11.1 Å². The molecule has 2 aromatic heterocycles. The summed E-state index contributed by atoms with van der Waals surface area (Å²) in [7, 11) is 0. The molecule has 154 valence electrons. The fraction of sp³-hybridized carbons (Fsp3) is 0.227. The fourth-order valence-corrected chi connectivity index (χ4v) is 3.60. The molecule has 2 atom stereocenters. The van der Waals surface area contributed by atoms with Gasteiger partial charge >= 0.3 is 0 Å². The highest BCUT2D eigenvalue weighted by atomic mass is 19.1. The number of benzene rings is 1. The summed E-state index contributed by atoms with van der Waals surface area (Å²) in [6, 6.07) is 10.4. The molecule has 1 aliphatic carbocycles. The van der Waals surface area contributed by atoms with Crippen LogP contribution in [0, 0.1) is 5.82 Å². The van der Waals surface area contributed by atoms with E-state index in [0.717, 1.165) is 35.2 Å². The van der Waals surface area contributed by atoms with Gasteiger partial charge in [0.1, 0.15) is 23.4 Å². The molecule has 0 saturated carbocycles. The molecule has 0 saturated heterocycles. The predicted octanol–water partition coefficient (Wildman–Crippen LogP) is 2.72. The molecule has 30 heavy (non-hydrogen) atoms. The van der Waals surface area contributed by atoms with Crippen LogP contribution in [0.15, 0.2) is 48.7 Å². The topological polar surface area (TPSA) is 113 Å². The van der Waals surface area contributed by atoms with Crippen molar-refractivity contribution in [3.63, 3.8) is 0 Å². The Hall–Kier alpha value is -3.68. The first-order valence-electron chi connectivity index (χ1n) is 9.71. The third-order valence-electron chi connectivity index (χ3n) is 5.24. The molecule has 0 radical (unpaired) electrons. The number of hydrogen-bond acceptors (Lipinski definition) is 4. The van der Waals surface area contributed by atoms with Gasteiger partial charge in [0.2, 0.25) is 5.91 Å². The molecular weight excluding hydrogens is 385 g/mol. The van der Waals surface area contributed by atoms with Crippen LogP contribution < -0.4 is 16.4 Å². The Balaban J connectivity index is 1.37. The summed E-state index contributed by atoms with van der Waals surface area (Å²) < 4.78 is 13.1. The largest absolute Gasteiger partial charge is 0.384 e. The lowest BCUT2D eigenvalue weighted by molar-refractivity contribution is -0.123. The third-order valence-corrected chi connectivity index (χ3v) is 5.24. The van der Waals surface area contributed by atoms with E-state index in [2.05, 4.69) is 20.6 Å². The number of fused-ring (bicyclic) bond motifs is 1. The molecule has 5 N–H and O–H groups in total. The molecule has 0 bridgehead atoms. The van der Waals surface area contributed by atoms with Crippen molar-refractivity contribution < 1.29 is 14.0 Å². The molecule has 0 unspecified atom stereocenters. The molecule has 1 aliphatic rings. The van der Waals surface area contributed by atoms with Crippen LogP contribution in [-0.2, 0) is 11.2 Å². The van der Waals surface area contributed by atoms with Crippen molar-refractivity contribution in [1.82, 2.24) is 20.6 Å². The first-order valence-corrected chi connectivity index (χ1v) is 9.71. The molecule has 4 rings (SSSR count). The number of rotatable bonds is 5. The number of nitrogen functional groups attached to an aromatic ring is 1. The molecule has 1 aromatic carbocycles. The Bertz CT molecular complexity index is 1090. The number of aryl methyl sites for hydroxylation is 1. The van der Waals surface area contributed by atoms with Gasteiger partial charge in [-0.1, -0.05) is 18.2 Å². The highest BCUT2D eigenvalue weighted by Crippen LogP contribution is 2.30. The molecule has 0 fully saturated rings. The van der Waals surface area contributed by atoms with E-state index in [4.69, 9.17) is 5.73 Å². The van der Waals surface area contributed by atoms with E-state index in [1.165, 1.54) is 12.1 Å². The number of hydrogen-bond donors (Lipinski definition) is 4. The summed E-state index contributed by atoms with van der Waals surface area (Å²) in [5.41, 5.74) is 9.44. The molecular formula is C22H22FN5O2. The second kappa shape index (κ2) is 7.98. The number of anilines is 1. The monoisotopic (exact) mass is 407 g/mol. The lowest BCUT2D eigenvalue weighted by Gasteiger charge is -2.18. The summed E-state index contributed by atoms with van der Waals surface area (Å²) in [5, 5.41) is 5.67. The Morgan fingerprint density at radius 2 is 1.97 bits per heavy atom. The first-order chi connectivity index (χ1) is 14.4. The second-order valence-corrected chi connectivity index (χ2v) is 7.38. The van der Waals surface area contributed by atoms with Crippen LogP contribution in [0.3, 0.4) is 0 Å². The van der Waals surface area contributed by atoms with Crippen LogP contribution in [0.2, 0.25) is 0 Å². The second-order valence-electron chi connectivity index (χ2n) is 7.38. The van der Waals surface area contributed by atoms with Crippen LogP contribution >= 0.6 is 0 Å². The number of aromatic nitrogens is 2. The van der Waals surface area contributed by atoms with Crippen molar-refractivity contribution in [1.29, 1.82) is 0 Å². The van der Waals surface area contributed by atoms with Crippen LogP contribution in [0.4, 0.5) is 10.2 Å².